The number of likely N-dealkylation sites (N-methyl/N-ethyl adjacent to an activating group) is 1. The first-order valence-corrected chi connectivity index (χ1v) is 6.57. The fourth-order valence-electron chi connectivity index (χ4n) is 1.95. The number of nitrogens with zero attached hydrogens (tertiary/aromatic N) is 2. The molecule has 2 aromatic rings. The van der Waals surface area contributed by atoms with Crippen molar-refractivity contribution in [1.29, 1.82) is 0 Å². The van der Waals surface area contributed by atoms with Gasteiger partial charge in [0.2, 0.25) is 11.7 Å². The zero-order valence-corrected chi connectivity index (χ0v) is 11.9. The number of hydrogen-bond donors (Lipinski definition) is 2. The van der Waals surface area contributed by atoms with Gasteiger partial charge >= 0.3 is 0 Å². The van der Waals surface area contributed by atoms with E-state index in [-0.39, 0.29) is 11.8 Å². The van der Waals surface area contributed by atoms with Gasteiger partial charge in [-0.25, -0.2) is 0 Å². The number of aromatic hydroxyl groups is 1. The van der Waals surface area contributed by atoms with E-state index in [9.17, 15) is 5.11 Å². The van der Waals surface area contributed by atoms with Gasteiger partial charge < -0.3 is 19.7 Å². The lowest BCUT2D eigenvalue weighted by Crippen LogP contribution is -2.27. The molecule has 2 N–H and O–H groups in total. The van der Waals surface area contributed by atoms with E-state index in [1.807, 2.05) is 0 Å². The Bertz CT molecular complexity index is 569. The predicted octanol–water partition coefficient (Wildman–Crippen LogP) is 1.99. The van der Waals surface area contributed by atoms with Crippen molar-refractivity contribution < 1.29 is 14.4 Å². The molecule has 0 saturated heterocycles. The van der Waals surface area contributed by atoms with Crippen molar-refractivity contribution in [3.8, 4) is 22.9 Å². The van der Waals surface area contributed by atoms with Gasteiger partial charge in [-0.05, 0) is 31.7 Å². The summed E-state index contributed by atoms with van der Waals surface area (Å²) in [7, 11) is 1.50. The summed E-state index contributed by atoms with van der Waals surface area (Å²) in [4.78, 5) is 4.35. The van der Waals surface area contributed by atoms with Gasteiger partial charge in [-0.2, -0.15) is 4.98 Å². The van der Waals surface area contributed by atoms with Gasteiger partial charge in [-0.15, -0.1) is 0 Å². The van der Waals surface area contributed by atoms with Crippen LogP contribution in [-0.2, 0) is 6.42 Å². The van der Waals surface area contributed by atoms with Crippen LogP contribution < -0.4 is 10.1 Å². The number of benzene rings is 1. The van der Waals surface area contributed by atoms with E-state index >= 15 is 0 Å². The molecule has 0 aliphatic carbocycles. The Morgan fingerprint density at radius 2 is 2.25 bits per heavy atom. The molecule has 0 spiro atoms. The molecule has 1 aromatic carbocycles. The van der Waals surface area contributed by atoms with E-state index in [2.05, 4.69) is 29.3 Å². The lowest BCUT2D eigenvalue weighted by Gasteiger charge is -2.07. The van der Waals surface area contributed by atoms with Crippen LogP contribution in [0.4, 0.5) is 0 Å². The zero-order valence-electron chi connectivity index (χ0n) is 11.9. The Morgan fingerprint density at radius 1 is 1.45 bits per heavy atom. The average Bonchev–Trinajstić information content (AvgIpc) is 2.88. The molecule has 1 aromatic heterocycles. The van der Waals surface area contributed by atoms with Crippen LogP contribution in [-0.4, -0.2) is 34.9 Å². The topological polar surface area (TPSA) is 80.4 Å². The highest BCUT2D eigenvalue weighted by atomic mass is 16.5. The molecule has 0 fully saturated rings. The van der Waals surface area contributed by atoms with Crippen LogP contribution in [0.3, 0.4) is 0 Å². The fraction of sp³-hybridized carbons (Fsp3) is 0.429. The minimum absolute atomic E-state index is 0.0840. The Labute approximate surface area is 117 Å². The Kier molecular flexibility index (Phi) is 4.57. The average molecular weight is 277 g/mol. The molecule has 1 atom stereocenters. The van der Waals surface area contributed by atoms with Crippen LogP contribution in [0.5, 0.6) is 11.5 Å². The first-order chi connectivity index (χ1) is 9.63. The van der Waals surface area contributed by atoms with Crippen LogP contribution >= 0.6 is 0 Å². The third-order valence-electron chi connectivity index (χ3n) is 2.94. The van der Waals surface area contributed by atoms with Crippen molar-refractivity contribution >= 4 is 0 Å². The standard InChI is InChI=1S/C14H19N3O3/c1-4-15-9(2)7-13-16-14(17-20-13)10-5-6-11(18)12(8-10)19-3/h5-6,8-9,15,18H,4,7H2,1-3H3. The van der Waals surface area contributed by atoms with E-state index < -0.39 is 0 Å². The molecular formula is C14H19N3O3. The molecule has 0 aliphatic heterocycles. The van der Waals surface area contributed by atoms with Gasteiger partial charge in [0.1, 0.15) is 0 Å². The second kappa shape index (κ2) is 6.38. The van der Waals surface area contributed by atoms with Gasteiger partial charge in [0.15, 0.2) is 11.5 Å². The summed E-state index contributed by atoms with van der Waals surface area (Å²) in [5, 5.41) is 16.8. The Morgan fingerprint density at radius 3 is 2.95 bits per heavy atom. The van der Waals surface area contributed by atoms with E-state index in [0.29, 0.717) is 23.9 Å². The van der Waals surface area contributed by atoms with Gasteiger partial charge in [-0.3, -0.25) is 0 Å². The fourth-order valence-corrected chi connectivity index (χ4v) is 1.95. The summed E-state index contributed by atoms with van der Waals surface area (Å²) in [6.45, 7) is 5.02. The highest BCUT2D eigenvalue weighted by molar-refractivity contribution is 5.60. The van der Waals surface area contributed by atoms with Crippen molar-refractivity contribution in [2.75, 3.05) is 13.7 Å². The molecule has 2 rings (SSSR count). The lowest BCUT2D eigenvalue weighted by molar-refractivity contribution is 0.362. The zero-order chi connectivity index (χ0) is 14.5. The quantitative estimate of drug-likeness (QED) is 0.840. The van der Waals surface area contributed by atoms with Crippen molar-refractivity contribution in [1.82, 2.24) is 15.5 Å². The highest BCUT2D eigenvalue weighted by Gasteiger charge is 2.13. The molecule has 20 heavy (non-hydrogen) atoms. The Hall–Kier alpha value is -2.08. The second-order valence-corrected chi connectivity index (χ2v) is 4.56. The van der Waals surface area contributed by atoms with Crippen LogP contribution in [0.15, 0.2) is 22.7 Å². The summed E-state index contributed by atoms with van der Waals surface area (Å²) in [5.74, 6) is 1.54. The Balaban J connectivity index is 2.16. The minimum atomic E-state index is 0.0840. The number of phenols is 1. The molecule has 0 radical (unpaired) electrons. The van der Waals surface area contributed by atoms with Crippen LogP contribution in [0.2, 0.25) is 0 Å². The first-order valence-electron chi connectivity index (χ1n) is 6.57. The number of rotatable bonds is 6. The summed E-state index contributed by atoms with van der Waals surface area (Å²) < 4.78 is 10.3. The SMILES string of the molecule is CCNC(C)Cc1nc(-c2ccc(O)c(OC)c2)no1. The normalized spacial score (nSPS) is 12.3. The molecule has 6 heteroatoms. The third-order valence-corrected chi connectivity index (χ3v) is 2.94. The maximum atomic E-state index is 9.57. The van der Waals surface area contributed by atoms with Gasteiger partial charge in [0.05, 0.1) is 7.11 Å². The summed E-state index contributed by atoms with van der Waals surface area (Å²) >= 11 is 0. The molecule has 0 aliphatic rings. The molecule has 1 heterocycles. The molecule has 0 amide bonds. The van der Waals surface area contributed by atoms with Crippen molar-refractivity contribution in [2.45, 2.75) is 26.3 Å². The second-order valence-electron chi connectivity index (χ2n) is 4.56. The van der Waals surface area contributed by atoms with Gasteiger partial charge in [0.25, 0.3) is 0 Å². The van der Waals surface area contributed by atoms with Gasteiger partial charge in [0, 0.05) is 18.0 Å². The molecule has 108 valence electrons. The van der Waals surface area contributed by atoms with Crippen LogP contribution in [0.1, 0.15) is 19.7 Å². The largest absolute Gasteiger partial charge is 0.504 e. The van der Waals surface area contributed by atoms with Crippen LogP contribution in [0, 0.1) is 0 Å². The number of hydrogen-bond acceptors (Lipinski definition) is 6. The maximum Gasteiger partial charge on any atom is 0.228 e. The molecule has 0 bridgehead atoms. The smallest absolute Gasteiger partial charge is 0.228 e. The highest BCUT2D eigenvalue weighted by Crippen LogP contribution is 2.30. The van der Waals surface area contributed by atoms with Gasteiger partial charge in [-0.1, -0.05) is 12.1 Å². The minimum Gasteiger partial charge on any atom is -0.504 e. The number of aromatic nitrogens is 2. The molecule has 1 unspecified atom stereocenters. The molecular weight excluding hydrogens is 258 g/mol. The predicted molar refractivity (Wildman–Crippen MR) is 74.8 cm³/mol. The number of methoxy groups -OCH3 is 1. The van der Waals surface area contributed by atoms with E-state index in [0.717, 1.165) is 12.1 Å². The molecule has 0 saturated carbocycles. The van der Waals surface area contributed by atoms with Crippen molar-refractivity contribution in [2.24, 2.45) is 0 Å². The molecule has 6 nitrogen and oxygen atoms in total. The summed E-state index contributed by atoms with van der Waals surface area (Å²) in [5.41, 5.74) is 0.741. The van der Waals surface area contributed by atoms with E-state index in [1.54, 1.807) is 18.2 Å². The monoisotopic (exact) mass is 277 g/mol. The van der Waals surface area contributed by atoms with E-state index in [4.69, 9.17) is 9.26 Å². The van der Waals surface area contributed by atoms with Crippen molar-refractivity contribution in [3.63, 3.8) is 0 Å². The third kappa shape index (κ3) is 3.27. The summed E-state index contributed by atoms with van der Waals surface area (Å²) in [6.07, 6.45) is 0.677. The lowest BCUT2D eigenvalue weighted by atomic mass is 10.2. The number of ether oxygens (including phenoxy) is 1. The van der Waals surface area contributed by atoms with Crippen molar-refractivity contribution in [3.05, 3.63) is 24.1 Å². The van der Waals surface area contributed by atoms with Crippen LogP contribution in [0.25, 0.3) is 11.4 Å². The van der Waals surface area contributed by atoms with E-state index in [1.165, 1.54) is 7.11 Å². The maximum absolute atomic E-state index is 9.57. The first kappa shape index (κ1) is 14.3. The number of phenolic OH excluding ortho intramolecular Hbond substituents is 1. The number of nitrogens with one attached hydrogen (secondary N) is 1. The summed E-state index contributed by atoms with van der Waals surface area (Å²) in [6, 6.07) is 5.23.